The minimum absolute atomic E-state index is 0.0519. The minimum atomic E-state index is -0.604. The summed E-state index contributed by atoms with van der Waals surface area (Å²) in [6.45, 7) is 0. The number of rotatable bonds is 0. The summed E-state index contributed by atoms with van der Waals surface area (Å²) in [6.07, 6.45) is 0. The maximum atomic E-state index is 11.2. The van der Waals surface area contributed by atoms with Crippen molar-refractivity contribution in [3.05, 3.63) is 29.8 Å². The van der Waals surface area contributed by atoms with E-state index in [2.05, 4.69) is 12.6 Å². The number of benzene rings is 1. The molecule has 0 amide bonds. The van der Waals surface area contributed by atoms with Crippen molar-refractivity contribution in [1.82, 2.24) is 0 Å². The molecule has 0 aliphatic carbocycles. The van der Waals surface area contributed by atoms with Crippen molar-refractivity contribution >= 4 is 18.4 Å². The molecule has 0 bridgehead atoms. The zero-order chi connectivity index (χ0) is 7.84. The van der Waals surface area contributed by atoms with E-state index in [0.717, 1.165) is 0 Å². The lowest BCUT2D eigenvalue weighted by atomic mass is 10.1. The van der Waals surface area contributed by atoms with E-state index in [1.54, 1.807) is 12.1 Å². The van der Waals surface area contributed by atoms with Crippen molar-refractivity contribution < 1.29 is 9.53 Å². The van der Waals surface area contributed by atoms with Crippen molar-refractivity contribution in [3.8, 4) is 5.75 Å². The monoisotopic (exact) mass is 166 g/mol. The van der Waals surface area contributed by atoms with Gasteiger partial charge in [0, 0.05) is 0 Å². The summed E-state index contributed by atoms with van der Waals surface area (Å²) >= 11 is 3.96. The minimum Gasteiger partial charge on any atom is -0.471 e. The third-order valence-electron chi connectivity index (χ3n) is 1.62. The molecule has 2 nitrogen and oxygen atoms in total. The van der Waals surface area contributed by atoms with Crippen LogP contribution in [0.1, 0.15) is 10.4 Å². The van der Waals surface area contributed by atoms with Crippen LogP contribution in [0.15, 0.2) is 24.3 Å². The van der Waals surface area contributed by atoms with Crippen LogP contribution in [0.5, 0.6) is 5.75 Å². The van der Waals surface area contributed by atoms with E-state index in [9.17, 15) is 4.79 Å². The Kier molecular flexibility index (Phi) is 1.39. The van der Waals surface area contributed by atoms with Gasteiger partial charge in [0.15, 0.2) is 0 Å². The Balaban J connectivity index is 2.55. The van der Waals surface area contributed by atoms with Gasteiger partial charge in [0.05, 0.1) is 5.56 Å². The van der Waals surface area contributed by atoms with E-state index < -0.39 is 5.44 Å². The maximum absolute atomic E-state index is 11.2. The molecular weight excluding hydrogens is 160 g/mol. The summed E-state index contributed by atoms with van der Waals surface area (Å²) in [5.41, 5.74) is 0.0277. The molecule has 1 unspecified atom stereocenters. The molecule has 0 fully saturated rings. The van der Waals surface area contributed by atoms with Crippen LogP contribution in [-0.4, -0.2) is 11.2 Å². The molecule has 1 aromatic carbocycles. The summed E-state index contributed by atoms with van der Waals surface area (Å²) < 4.78 is 5.13. The molecule has 1 atom stereocenters. The highest BCUT2D eigenvalue weighted by molar-refractivity contribution is 7.81. The third kappa shape index (κ3) is 0.922. The second kappa shape index (κ2) is 2.27. The fourth-order valence-electron chi connectivity index (χ4n) is 1.08. The van der Waals surface area contributed by atoms with Gasteiger partial charge in [-0.2, -0.15) is 0 Å². The summed E-state index contributed by atoms with van der Waals surface area (Å²) in [7, 11) is 0. The van der Waals surface area contributed by atoms with E-state index in [1.165, 1.54) is 0 Å². The summed E-state index contributed by atoms with van der Waals surface area (Å²) in [5.74, 6) is 0.585. The van der Waals surface area contributed by atoms with Crippen LogP contribution in [0, 0.1) is 0 Å². The molecule has 2 rings (SSSR count). The standard InChI is InChI=1S/C8H6O2S/c9-7-5-3-1-2-4-6(5)10-8(7)11/h1-4,8,11H. The molecular formula is C8H6O2S. The molecule has 1 aromatic rings. The Morgan fingerprint density at radius 1 is 1.36 bits per heavy atom. The van der Waals surface area contributed by atoms with Crippen LogP contribution in [0.3, 0.4) is 0 Å². The number of carbonyl (C=O) groups excluding carboxylic acids is 1. The largest absolute Gasteiger partial charge is 0.471 e. The first-order chi connectivity index (χ1) is 5.29. The van der Waals surface area contributed by atoms with Crippen LogP contribution in [0.25, 0.3) is 0 Å². The lowest BCUT2D eigenvalue weighted by Crippen LogP contribution is -2.11. The Morgan fingerprint density at radius 3 is 2.82 bits per heavy atom. The van der Waals surface area contributed by atoms with Crippen molar-refractivity contribution in [2.45, 2.75) is 5.44 Å². The van der Waals surface area contributed by atoms with Gasteiger partial charge in [-0.25, -0.2) is 0 Å². The predicted molar refractivity (Wildman–Crippen MR) is 44.2 cm³/mol. The number of Topliss-reactive ketones (excluding diaryl/α,β-unsaturated/α-hetero) is 1. The van der Waals surface area contributed by atoms with Crippen LogP contribution in [-0.2, 0) is 0 Å². The van der Waals surface area contributed by atoms with E-state index in [0.29, 0.717) is 11.3 Å². The van der Waals surface area contributed by atoms with E-state index in [1.807, 2.05) is 12.1 Å². The Hall–Kier alpha value is -0.960. The van der Waals surface area contributed by atoms with Gasteiger partial charge in [-0.15, -0.1) is 12.6 Å². The molecule has 56 valence electrons. The van der Waals surface area contributed by atoms with E-state index in [4.69, 9.17) is 4.74 Å². The van der Waals surface area contributed by atoms with Gasteiger partial charge in [0.2, 0.25) is 11.2 Å². The molecule has 0 spiro atoms. The van der Waals surface area contributed by atoms with Gasteiger partial charge in [-0.3, -0.25) is 4.79 Å². The number of fused-ring (bicyclic) bond motifs is 1. The number of para-hydroxylation sites is 1. The SMILES string of the molecule is O=C1c2ccccc2OC1S. The molecule has 3 heteroatoms. The molecule has 1 aliphatic rings. The number of ketones is 1. The zero-order valence-electron chi connectivity index (χ0n) is 5.65. The summed E-state index contributed by atoms with van der Waals surface area (Å²) in [6, 6.07) is 7.15. The van der Waals surface area contributed by atoms with Gasteiger partial charge >= 0.3 is 0 Å². The molecule has 0 saturated carbocycles. The smallest absolute Gasteiger partial charge is 0.217 e. The molecule has 0 N–H and O–H groups in total. The molecule has 1 aliphatic heterocycles. The molecule has 1 heterocycles. The highest BCUT2D eigenvalue weighted by atomic mass is 32.1. The number of hydrogen-bond acceptors (Lipinski definition) is 3. The van der Waals surface area contributed by atoms with Crippen LogP contribution >= 0.6 is 12.6 Å². The van der Waals surface area contributed by atoms with Crippen LogP contribution in [0.4, 0.5) is 0 Å². The van der Waals surface area contributed by atoms with Gasteiger partial charge in [-0.05, 0) is 12.1 Å². The average molecular weight is 166 g/mol. The molecule has 0 saturated heterocycles. The molecule has 11 heavy (non-hydrogen) atoms. The predicted octanol–water partition coefficient (Wildman–Crippen LogP) is 1.52. The first-order valence-electron chi connectivity index (χ1n) is 3.27. The first kappa shape index (κ1) is 6.73. The first-order valence-corrected chi connectivity index (χ1v) is 3.78. The number of hydrogen-bond donors (Lipinski definition) is 1. The van der Waals surface area contributed by atoms with Crippen LogP contribution in [0.2, 0.25) is 0 Å². The highest BCUT2D eigenvalue weighted by Gasteiger charge is 2.28. The van der Waals surface area contributed by atoms with Gasteiger partial charge < -0.3 is 4.74 Å². The highest BCUT2D eigenvalue weighted by Crippen LogP contribution is 2.29. The quantitative estimate of drug-likeness (QED) is 0.591. The van der Waals surface area contributed by atoms with Gasteiger partial charge in [0.1, 0.15) is 5.75 Å². The Morgan fingerprint density at radius 2 is 2.09 bits per heavy atom. The molecule has 0 radical (unpaired) electrons. The number of carbonyl (C=O) groups is 1. The topological polar surface area (TPSA) is 26.3 Å². The number of thiol groups is 1. The van der Waals surface area contributed by atoms with Crippen LogP contribution < -0.4 is 4.74 Å². The van der Waals surface area contributed by atoms with Crippen molar-refractivity contribution in [1.29, 1.82) is 0 Å². The van der Waals surface area contributed by atoms with Gasteiger partial charge in [0.25, 0.3) is 0 Å². The van der Waals surface area contributed by atoms with Crippen molar-refractivity contribution in [2.24, 2.45) is 0 Å². The molecule has 0 aromatic heterocycles. The van der Waals surface area contributed by atoms with E-state index in [-0.39, 0.29) is 5.78 Å². The second-order valence-electron chi connectivity index (χ2n) is 2.33. The Labute approximate surface area is 69.6 Å². The fourth-order valence-corrected chi connectivity index (χ4v) is 1.33. The average Bonchev–Trinajstić information content (AvgIpc) is 2.30. The fraction of sp³-hybridized carbons (Fsp3) is 0.125. The lowest BCUT2D eigenvalue weighted by Gasteiger charge is -1.98. The Bertz CT molecular complexity index is 309. The second-order valence-corrected chi connectivity index (χ2v) is 2.80. The number of ether oxygens (including phenoxy) is 1. The zero-order valence-corrected chi connectivity index (χ0v) is 6.54. The third-order valence-corrected chi connectivity index (χ3v) is 1.96. The summed E-state index contributed by atoms with van der Waals surface area (Å²) in [4.78, 5) is 11.2. The normalized spacial score (nSPS) is 21.2. The maximum Gasteiger partial charge on any atom is 0.217 e. The van der Waals surface area contributed by atoms with Crippen molar-refractivity contribution in [3.63, 3.8) is 0 Å². The summed E-state index contributed by atoms with van der Waals surface area (Å²) in [5, 5.41) is 0. The van der Waals surface area contributed by atoms with E-state index >= 15 is 0 Å². The lowest BCUT2D eigenvalue weighted by molar-refractivity contribution is 0.0939. The van der Waals surface area contributed by atoms with Crippen molar-refractivity contribution in [2.75, 3.05) is 0 Å². The van der Waals surface area contributed by atoms with Gasteiger partial charge in [-0.1, -0.05) is 12.1 Å².